The number of urea groups is 1. The smallest absolute Gasteiger partial charge is 0.408 e. The maximum Gasteiger partial charge on any atom is 0.417 e. The molecule has 0 saturated carbocycles. The largest absolute Gasteiger partial charge is 0.417 e. The summed E-state index contributed by atoms with van der Waals surface area (Å²) in [4.78, 5) is 46.3. The highest BCUT2D eigenvalue weighted by Crippen LogP contribution is 2.24. The molecular weight excluding hydrogens is 362 g/mol. The second-order valence-corrected chi connectivity index (χ2v) is 6.85. The number of aromatic nitrogens is 2. The van der Waals surface area contributed by atoms with Crippen LogP contribution in [0.3, 0.4) is 0 Å². The van der Waals surface area contributed by atoms with Crippen LogP contribution in [0.2, 0.25) is 0 Å². The van der Waals surface area contributed by atoms with E-state index in [1.807, 2.05) is 0 Å². The molecular formula is C19H19N5O4. The topological polar surface area (TPSA) is 112 Å². The lowest BCUT2D eigenvalue weighted by atomic mass is 9.97. The minimum Gasteiger partial charge on any atom is -0.408 e. The fourth-order valence-electron chi connectivity index (χ4n) is 3.36. The maximum absolute atomic E-state index is 12.8. The van der Waals surface area contributed by atoms with Crippen LogP contribution in [-0.4, -0.2) is 52.3 Å². The lowest BCUT2D eigenvalue weighted by molar-refractivity contribution is 0.102. The van der Waals surface area contributed by atoms with Gasteiger partial charge in [0.05, 0.1) is 11.1 Å². The van der Waals surface area contributed by atoms with Crippen LogP contribution >= 0.6 is 0 Å². The van der Waals surface area contributed by atoms with Gasteiger partial charge in [0.15, 0.2) is 5.58 Å². The molecule has 1 aromatic carbocycles. The van der Waals surface area contributed by atoms with Crippen LogP contribution in [0.4, 0.5) is 10.5 Å². The summed E-state index contributed by atoms with van der Waals surface area (Å²) in [6, 6.07) is 4.85. The van der Waals surface area contributed by atoms with E-state index >= 15 is 0 Å². The van der Waals surface area contributed by atoms with Gasteiger partial charge in [0.2, 0.25) is 0 Å². The third kappa shape index (κ3) is 3.22. The molecule has 4 rings (SSSR count). The van der Waals surface area contributed by atoms with Gasteiger partial charge in [0.1, 0.15) is 0 Å². The van der Waals surface area contributed by atoms with Gasteiger partial charge in [0.25, 0.3) is 5.91 Å². The maximum atomic E-state index is 12.8. The molecule has 0 spiro atoms. The van der Waals surface area contributed by atoms with Crippen molar-refractivity contribution in [1.29, 1.82) is 0 Å². The quantitative estimate of drug-likeness (QED) is 0.703. The van der Waals surface area contributed by atoms with Gasteiger partial charge in [-0.3, -0.25) is 14.8 Å². The number of nitrogens with zero attached hydrogens (tertiary/aromatic N) is 3. The average Bonchev–Trinajstić information content (AvgIpc) is 3.05. The third-order valence-electron chi connectivity index (χ3n) is 4.71. The van der Waals surface area contributed by atoms with E-state index in [2.05, 4.69) is 15.3 Å². The predicted octanol–water partition coefficient (Wildman–Crippen LogP) is 1.81. The van der Waals surface area contributed by atoms with Crippen LogP contribution in [0.25, 0.3) is 11.1 Å². The minimum absolute atomic E-state index is 0.0667. The fraction of sp³-hybridized carbons (Fsp3) is 0.263. The van der Waals surface area contributed by atoms with E-state index in [9.17, 15) is 14.4 Å². The number of aromatic amines is 1. The van der Waals surface area contributed by atoms with Crippen LogP contribution in [0.15, 0.2) is 39.8 Å². The number of pyridine rings is 1. The Hall–Kier alpha value is -3.62. The summed E-state index contributed by atoms with van der Waals surface area (Å²) in [5.74, 6) is -0.835. The van der Waals surface area contributed by atoms with Crippen molar-refractivity contribution in [2.24, 2.45) is 0 Å². The summed E-state index contributed by atoms with van der Waals surface area (Å²) in [5.41, 5.74) is 3.71. The number of hydrogen-bond acceptors (Lipinski definition) is 5. The van der Waals surface area contributed by atoms with Crippen LogP contribution in [0, 0.1) is 0 Å². The number of rotatable bonds is 2. The summed E-state index contributed by atoms with van der Waals surface area (Å²) in [6.07, 6.45) is 3.81. The van der Waals surface area contributed by atoms with Crippen molar-refractivity contribution in [3.05, 3.63) is 57.8 Å². The second kappa shape index (κ2) is 6.84. The number of nitrogens with one attached hydrogen (secondary N) is 2. The number of carbonyl (C=O) groups excluding carboxylic acids is 2. The highest BCUT2D eigenvalue weighted by Gasteiger charge is 2.25. The summed E-state index contributed by atoms with van der Waals surface area (Å²) in [6.45, 7) is 0.958. The van der Waals surface area contributed by atoms with E-state index in [4.69, 9.17) is 4.42 Å². The number of benzene rings is 1. The van der Waals surface area contributed by atoms with Crippen molar-refractivity contribution in [3.8, 4) is 0 Å². The minimum atomic E-state index is -0.545. The van der Waals surface area contributed by atoms with E-state index in [0.29, 0.717) is 41.9 Å². The number of H-pyrrole nitrogens is 1. The van der Waals surface area contributed by atoms with E-state index in [1.54, 1.807) is 43.4 Å². The summed E-state index contributed by atoms with van der Waals surface area (Å²) >= 11 is 0. The molecule has 3 heterocycles. The zero-order valence-corrected chi connectivity index (χ0v) is 15.5. The Morgan fingerprint density at radius 2 is 2.11 bits per heavy atom. The van der Waals surface area contributed by atoms with Gasteiger partial charge in [0, 0.05) is 45.3 Å². The van der Waals surface area contributed by atoms with Crippen molar-refractivity contribution < 1.29 is 14.0 Å². The first-order chi connectivity index (χ1) is 13.4. The molecule has 9 heteroatoms. The molecule has 0 bridgehead atoms. The van der Waals surface area contributed by atoms with Gasteiger partial charge in [-0.2, -0.15) is 0 Å². The predicted molar refractivity (Wildman–Crippen MR) is 102 cm³/mol. The first-order valence-corrected chi connectivity index (χ1v) is 8.78. The molecule has 3 aromatic rings. The number of amides is 3. The molecule has 0 aliphatic carbocycles. The monoisotopic (exact) mass is 381 g/mol. The van der Waals surface area contributed by atoms with Gasteiger partial charge >= 0.3 is 11.8 Å². The molecule has 28 heavy (non-hydrogen) atoms. The molecule has 1 aliphatic rings. The number of hydrogen-bond donors (Lipinski definition) is 2. The SMILES string of the molecule is CN(C)C(=O)N1CCc2c(cncc2C(=O)Nc2ccc3oc(=O)[nH]c3c2)C1. The van der Waals surface area contributed by atoms with E-state index in [0.717, 1.165) is 11.1 Å². The van der Waals surface area contributed by atoms with Gasteiger partial charge in [-0.25, -0.2) is 9.59 Å². The zero-order chi connectivity index (χ0) is 19.8. The average molecular weight is 381 g/mol. The van der Waals surface area contributed by atoms with Crippen molar-refractivity contribution >= 4 is 28.7 Å². The first-order valence-electron chi connectivity index (χ1n) is 8.78. The van der Waals surface area contributed by atoms with Crippen LogP contribution in [0.5, 0.6) is 0 Å². The zero-order valence-electron chi connectivity index (χ0n) is 15.5. The Morgan fingerprint density at radius 1 is 1.29 bits per heavy atom. The van der Waals surface area contributed by atoms with E-state index in [1.165, 1.54) is 11.1 Å². The number of oxazole rings is 1. The van der Waals surface area contributed by atoms with Gasteiger partial charge in [-0.1, -0.05) is 0 Å². The van der Waals surface area contributed by atoms with Gasteiger partial charge < -0.3 is 19.5 Å². The van der Waals surface area contributed by atoms with Crippen LogP contribution in [0.1, 0.15) is 21.5 Å². The molecule has 2 aromatic heterocycles. The summed E-state index contributed by atoms with van der Waals surface area (Å²) in [7, 11) is 3.42. The lowest BCUT2D eigenvalue weighted by Gasteiger charge is -2.31. The molecule has 0 saturated heterocycles. The Bertz CT molecular complexity index is 1130. The Kier molecular flexibility index (Phi) is 4.34. The van der Waals surface area contributed by atoms with Crippen molar-refractivity contribution in [2.45, 2.75) is 13.0 Å². The van der Waals surface area contributed by atoms with Gasteiger partial charge in [-0.05, 0) is 35.7 Å². The van der Waals surface area contributed by atoms with Crippen molar-refractivity contribution in [3.63, 3.8) is 0 Å². The summed E-state index contributed by atoms with van der Waals surface area (Å²) < 4.78 is 4.96. The first kappa shape index (κ1) is 17.8. The fourth-order valence-corrected chi connectivity index (χ4v) is 3.36. The molecule has 0 atom stereocenters. The highest BCUT2D eigenvalue weighted by molar-refractivity contribution is 6.06. The van der Waals surface area contributed by atoms with Crippen LogP contribution < -0.4 is 11.1 Å². The molecule has 0 radical (unpaired) electrons. The number of fused-ring (bicyclic) bond motifs is 2. The van der Waals surface area contributed by atoms with Crippen LogP contribution in [-0.2, 0) is 13.0 Å². The van der Waals surface area contributed by atoms with Crippen molar-refractivity contribution in [2.75, 3.05) is 26.0 Å². The highest BCUT2D eigenvalue weighted by atomic mass is 16.4. The molecule has 144 valence electrons. The lowest BCUT2D eigenvalue weighted by Crippen LogP contribution is -2.42. The normalized spacial score (nSPS) is 13.3. The number of carbonyl (C=O) groups is 2. The molecule has 9 nitrogen and oxygen atoms in total. The number of anilines is 1. The van der Waals surface area contributed by atoms with Crippen molar-refractivity contribution in [1.82, 2.24) is 19.8 Å². The third-order valence-corrected chi connectivity index (χ3v) is 4.71. The molecule has 0 fully saturated rings. The Morgan fingerprint density at radius 3 is 2.89 bits per heavy atom. The van der Waals surface area contributed by atoms with E-state index < -0.39 is 5.76 Å². The molecule has 0 unspecified atom stereocenters. The second-order valence-electron chi connectivity index (χ2n) is 6.85. The Balaban J connectivity index is 1.57. The summed E-state index contributed by atoms with van der Waals surface area (Å²) in [5, 5.41) is 2.83. The molecule has 3 amide bonds. The standard InChI is InChI=1S/C19H19N5O4/c1-23(2)19(27)24-6-5-13-11(10-24)8-20-9-14(13)17(25)21-12-3-4-16-15(7-12)22-18(26)28-16/h3-4,7-9H,5-6,10H2,1-2H3,(H,21,25)(H,22,26). The van der Waals surface area contributed by atoms with Gasteiger partial charge in [-0.15, -0.1) is 0 Å². The van der Waals surface area contributed by atoms with E-state index in [-0.39, 0.29) is 11.9 Å². The molecule has 1 aliphatic heterocycles. The molecule has 2 N–H and O–H groups in total. The Labute approximate surface area is 160 Å².